The van der Waals surface area contributed by atoms with Crippen molar-refractivity contribution < 1.29 is 9.90 Å². The molecule has 0 aliphatic rings. The summed E-state index contributed by atoms with van der Waals surface area (Å²) < 4.78 is 1.94. The van der Waals surface area contributed by atoms with Gasteiger partial charge in [-0.05, 0) is 18.9 Å². The molecule has 0 aromatic carbocycles. The minimum absolute atomic E-state index is 0.838. The van der Waals surface area contributed by atoms with Gasteiger partial charge in [-0.2, -0.15) is 0 Å². The van der Waals surface area contributed by atoms with Gasteiger partial charge in [0.1, 0.15) is 0 Å². The fraction of sp³-hybridized carbons (Fsp3) is 0.429. The zero-order chi connectivity index (χ0) is 14.5. The fourth-order valence-corrected chi connectivity index (χ4v) is 2.91. The lowest BCUT2D eigenvalue weighted by Gasteiger charge is -2.21. The Labute approximate surface area is 122 Å². The van der Waals surface area contributed by atoms with E-state index in [9.17, 15) is 4.79 Å². The fourth-order valence-electron chi connectivity index (χ4n) is 2.19. The van der Waals surface area contributed by atoms with Crippen LogP contribution in [0.5, 0.6) is 0 Å². The van der Waals surface area contributed by atoms with E-state index >= 15 is 0 Å². The van der Waals surface area contributed by atoms with Crippen molar-refractivity contribution in [2.24, 2.45) is 0 Å². The van der Waals surface area contributed by atoms with Crippen molar-refractivity contribution in [1.82, 2.24) is 9.38 Å². The lowest BCUT2D eigenvalue weighted by Crippen LogP contribution is -2.26. The minimum Gasteiger partial charge on any atom is -0.478 e. The van der Waals surface area contributed by atoms with Gasteiger partial charge >= 0.3 is 5.97 Å². The molecule has 2 heterocycles. The molecule has 0 saturated carbocycles. The Hall–Kier alpha value is -1.82. The lowest BCUT2D eigenvalue weighted by atomic mass is 10.3. The molecule has 2 aromatic rings. The van der Waals surface area contributed by atoms with E-state index in [1.807, 2.05) is 16.0 Å². The zero-order valence-corrected chi connectivity index (χ0v) is 12.6. The van der Waals surface area contributed by atoms with Gasteiger partial charge < -0.3 is 10.0 Å². The van der Waals surface area contributed by atoms with Crippen molar-refractivity contribution in [3.8, 4) is 0 Å². The standard InChI is InChI=1S/C14H19N3O2S/c1-3-7-16(8-4-2)13-11(5-6-12(18)19)17-9-10-20-14(17)15-13/h5-6,9-10H,3-4,7-8H2,1-2H3,(H,18,19). The van der Waals surface area contributed by atoms with Gasteiger partial charge in [-0.15, -0.1) is 11.3 Å². The molecule has 6 heteroatoms. The Morgan fingerprint density at radius 2 is 2.15 bits per heavy atom. The highest BCUT2D eigenvalue weighted by Crippen LogP contribution is 2.26. The van der Waals surface area contributed by atoms with Crippen molar-refractivity contribution in [2.45, 2.75) is 26.7 Å². The molecule has 0 unspecified atom stereocenters. The molecule has 0 atom stereocenters. The summed E-state index contributed by atoms with van der Waals surface area (Å²) >= 11 is 1.55. The predicted octanol–water partition coefficient (Wildman–Crippen LogP) is 3.12. The van der Waals surface area contributed by atoms with Crippen molar-refractivity contribution in [3.63, 3.8) is 0 Å². The normalized spacial score (nSPS) is 11.5. The van der Waals surface area contributed by atoms with Crippen LogP contribution in [0, 0.1) is 0 Å². The van der Waals surface area contributed by atoms with Gasteiger partial charge in [0.15, 0.2) is 10.8 Å². The first kappa shape index (κ1) is 14.6. The molecule has 0 saturated heterocycles. The highest BCUT2D eigenvalue weighted by molar-refractivity contribution is 7.15. The maximum atomic E-state index is 10.8. The Morgan fingerprint density at radius 3 is 2.75 bits per heavy atom. The van der Waals surface area contributed by atoms with E-state index in [0.29, 0.717) is 0 Å². The monoisotopic (exact) mass is 293 g/mol. The van der Waals surface area contributed by atoms with Crippen LogP contribution in [0.25, 0.3) is 11.0 Å². The second-order valence-electron chi connectivity index (χ2n) is 4.53. The number of carboxylic acid groups (broad SMARTS) is 1. The maximum Gasteiger partial charge on any atom is 0.328 e. The molecule has 20 heavy (non-hydrogen) atoms. The molecule has 108 valence electrons. The van der Waals surface area contributed by atoms with Gasteiger partial charge in [0, 0.05) is 30.7 Å². The number of carboxylic acids is 1. The molecule has 0 aliphatic heterocycles. The van der Waals surface area contributed by atoms with E-state index in [0.717, 1.165) is 42.4 Å². The number of hydrogen-bond donors (Lipinski definition) is 1. The molecule has 0 aliphatic carbocycles. The summed E-state index contributed by atoms with van der Waals surface area (Å²) in [5.41, 5.74) is 0.838. The van der Waals surface area contributed by atoms with E-state index in [1.165, 1.54) is 6.08 Å². The van der Waals surface area contributed by atoms with E-state index in [1.54, 1.807) is 17.4 Å². The van der Waals surface area contributed by atoms with Crippen LogP contribution >= 0.6 is 11.3 Å². The first-order valence-electron chi connectivity index (χ1n) is 6.78. The summed E-state index contributed by atoms with van der Waals surface area (Å²) in [5.74, 6) is -0.0725. The maximum absolute atomic E-state index is 10.8. The average molecular weight is 293 g/mol. The number of carbonyl (C=O) groups is 1. The van der Waals surface area contributed by atoms with Gasteiger partial charge in [-0.3, -0.25) is 4.40 Å². The number of anilines is 1. The first-order chi connectivity index (χ1) is 9.67. The van der Waals surface area contributed by atoms with Gasteiger partial charge in [-0.25, -0.2) is 9.78 Å². The number of fused-ring (bicyclic) bond motifs is 1. The van der Waals surface area contributed by atoms with Crippen LogP contribution < -0.4 is 4.90 Å². The molecule has 0 amide bonds. The Bertz CT molecular complexity index is 609. The first-order valence-corrected chi connectivity index (χ1v) is 7.66. The molecule has 0 spiro atoms. The van der Waals surface area contributed by atoms with Crippen molar-refractivity contribution >= 4 is 34.2 Å². The number of aromatic nitrogens is 2. The SMILES string of the molecule is CCCN(CCC)c1nc2sccn2c1C=CC(=O)O. The molecule has 0 radical (unpaired) electrons. The van der Waals surface area contributed by atoms with Gasteiger partial charge in [0.05, 0.1) is 5.69 Å². The Kier molecular flexibility index (Phi) is 4.79. The van der Waals surface area contributed by atoms with Crippen LogP contribution in [0.3, 0.4) is 0 Å². The van der Waals surface area contributed by atoms with Crippen LogP contribution in [0.1, 0.15) is 32.4 Å². The third-order valence-electron chi connectivity index (χ3n) is 2.95. The second-order valence-corrected chi connectivity index (χ2v) is 5.41. The second kappa shape index (κ2) is 6.56. The molecule has 1 N–H and O–H groups in total. The average Bonchev–Trinajstić information content (AvgIpc) is 2.96. The van der Waals surface area contributed by atoms with E-state index in [4.69, 9.17) is 5.11 Å². The van der Waals surface area contributed by atoms with Crippen LogP contribution in [-0.2, 0) is 4.79 Å². The largest absolute Gasteiger partial charge is 0.478 e. The predicted molar refractivity (Wildman–Crippen MR) is 82.5 cm³/mol. The summed E-state index contributed by atoms with van der Waals surface area (Å²) in [5, 5.41) is 10.8. The number of rotatable bonds is 7. The lowest BCUT2D eigenvalue weighted by molar-refractivity contribution is -0.131. The molecule has 2 aromatic heterocycles. The minimum atomic E-state index is -0.946. The number of aliphatic carboxylic acids is 1. The molecular weight excluding hydrogens is 274 g/mol. The number of hydrogen-bond acceptors (Lipinski definition) is 4. The Morgan fingerprint density at radius 1 is 1.45 bits per heavy atom. The van der Waals surface area contributed by atoms with E-state index in [2.05, 4.69) is 23.7 Å². The zero-order valence-electron chi connectivity index (χ0n) is 11.7. The summed E-state index contributed by atoms with van der Waals surface area (Å²) in [6.07, 6.45) is 6.79. The third kappa shape index (κ3) is 3.01. The third-order valence-corrected chi connectivity index (χ3v) is 3.71. The van der Waals surface area contributed by atoms with Crippen molar-refractivity contribution in [3.05, 3.63) is 23.3 Å². The summed E-state index contributed by atoms with van der Waals surface area (Å²) in [6, 6.07) is 0. The quantitative estimate of drug-likeness (QED) is 0.797. The summed E-state index contributed by atoms with van der Waals surface area (Å²) in [6.45, 7) is 6.11. The van der Waals surface area contributed by atoms with Crippen molar-refractivity contribution in [2.75, 3.05) is 18.0 Å². The molecule has 2 rings (SSSR count). The molecule has 0 bridgehead atoms. The van der Waals surface area contributed by atoms with Gasteiger partial charge in [0.25, 0.3) is 0 Å². The van der Waals surface area contributed by atoms with E-state index in [-0.39, 0.29) is 0 Å². The van der Waals surface area contributed by atoms with Crippen LogP contribution in [0.4, 0.5) is 5.82 Å². The van der Waals surface area contributed by atoms with Gasteiger partial charge in [0.2, 0.25) is 0 Å². The molecule has 5 nitrogen and oxygen atoms in total. The molecular formula is C14H19N3O2S. The number of thiazole rings is 1. The summed E-state index contributed by atoms with van der Waals surface area (Å²) in [7, 11) is 0. The highest BCUT2D eigenvalue weighted by atomic mass is 32.1. The van der Waals surface area contributed by atoms with Crippen molar-refractivity contribution in [1.29, 1.82) is 0 Å². The smallest absolute Gasteiger partial charge is 0.328 e. The number of nitrogens with zero attached hydrogens (tertiary/aromatic N) is 3. The van der Waals surface area contributed by atoms with E-state index < -0.39 is 5.97 Å². The topological polar surface area (TPSA) is 57.8 Å². The summed E-state index contributed by atoms with van der Waals surface area (Å²) in [4.78, 5) is 18.5. The Balaban J connectivity index is 2.46. The molecule has 0 fully saturated rings. The number of imidazole rings is 1. The highest BCUT2D eigenvalue weighted by Gasteiger charge is 2.16. The van der Waals surface area contributed by atoms with Gasteiger partial charge in [-0.1, -0.05) is 13.8 Å². The van der Waals surface area contributed by atoms with Crippen LogP contribution in [0.2, 0.25) is 0 Å². The van der Waals surface area contributed by atoms with Crippen LogP contribution in [0.15, 0.2) is 17.7 Å². The van der Waals surface area contributed by atoms with Crippen LogP contribution in [-0.4, -0.2) is 33.6 Å².